The van der Waals surface area contributed by atoms with Crippen LogP contribution in [0.1, 0.15) is 39.7 Å². The highest BCUT2D eigenvalue weighted by molar-refractivity contribution is 6.32. The Bertz CT molecular complexity index is 402. The van der Waals surface area contributed by atoms with E-state index in [0.717, 1.165) is 5.56 Å². The smallest absolute Gasteiger partial charge is 0.142 e. The van der Waals surface area contributed by atoms with Gasteiger partial charge in [-0.25, -0.2) is 0 Å². The van der Waals surface area contributed by atoms with Crippen molar-refractivity contribution < 1.29 is 9.84 Å². The summed E-state index contributed by atoms with van der Waals surface area (Å²) in [6.45, 7) is 9.20. The second kappa shape index (κ2) is 7.13. The molecule has 0 heterocycles. The molecule has 108 valence electrons. The summed E-state index contributed by atoms with van der Waals surface area (Å²) in [5.41, 5.74) is 1.04. The Hall–Kier alpha value is -0.770. The van der Waals surface area contributed by atoms with Gasteiger partial charge in [0.2, 0.25) is 0 Å². The lowest BCUT2D eigenvalue weighted by atomic mass is 10.1. The largest absolute Gasteiger partial charge is 0.489 e. The second-order valence-corrected chi connectivity index (χ2v) is 6.11. The van der Waals surface area contributed by atoms with Gasteiger partial charge in [0.25, 0.3) is 0 Å². The van der Waals surface area contributed by atoms with E-state index in [1.165, 1.54) is 0 Å². The molecule has 0 radical (unpaired) electrons. The number of hydrogen-bond acceptors (Lipinski definition) is 3. The average molecular weight is 286 g/mol. The number of hydrogen-bond donors (Lipinski definition) is 2. The van der Waals surface area contributed by atoms with Crippen LogP contribution in [0.15, 0.2) is 18.2 Å². The Morgan fingerprint density at radius 3 is 2.63 bits per heavy atom. The first-order chi connectivity index (χ1) is 8.83. The van der Waals surface area contributed by atoms with Gasteiger partial charge in [-0.2, -0.15) is 0 Å². The highest BCUT2D eigenvalue weighted by Gasteiger charge is 2.14. The van der Waals surface area contributed by atoms with Crippen LogP contribution in [0, 0.1) is 0 Å². The Balaban J connectivity index is 2.77. The molecule has 1 aromatic carbocycles. The summed E-state index contributed by atoms with van der Waals surface area (Å²) < 4.78 is 5.66. The molecule has 0 aliphatic rings. The first-order valence-electron chi connectivity index (χ1n) is 6.66. The molecule has 1 aromatic rings. The van der Waals surface area contributed by atoms with E-state index >= 15 is 0 Å². The average Bonchev–Trinajstić information content (AvgIpc) is 2.33. The molecule has 4 heteroatoms. The second-order valence-electron chi connectivity index (χ2n) is 5.70. The van der Waals surface area contributed by atoms with Crippen LogP contribution in [0.5, 0.6) is 5.75 Å². The van der Waals surface area contributed by atoms with Crippen LogP contribution < -0.4 is 10.1 Å². The number of benzene rings is 1. The molecule has 0 saturated heterocycles. The van der Waals surface area contributed by atoms with Gasteiger partial charge in [0.05, 0.1) is 11.1 Å². The highest BCUT2D eigenvalue weighted by atomic mass is 35.5. The van der Waals surface area contributed by atoms with E-state index in [2.05, 4.69) is 26.1 Å². The van der Waals surface area contributed by atoms with E-state index < -0.39 is 6.10 Å². The molecule has 1 rings (SSSR count). The highest BCUT2D eigenvalue weighted by Crippen LogP contribution is 2.29. The summed E-state index contributed by atoms with van der Waals surface area (Å²) in [5, 5.41) is 13.6. The first kappa shape index (κ1) is 16.3. The lowest BCUT2D eigenvalue weighted by Crippen LogP contribution is -2.35. The van der Waals surface area contributed by atoms with Crippen molar-refractivity contribution in [2.45, 2.75) is 52.3 Å². The van der Waals surface area contributed by atoms with Gasteiger partial charge in [-0.1, -0.05) is 30.7 Å². The molecule has 0 aliphatic heterocycles. The summed E-state index contributed by atoms with van der Waals surface area (Å²) in [5.74, 6) is 0.661. The number of para-hydroxylation sites is 1. The maximum Gasteiger partial charge on any atom is 0.142 e. The molecule has 0 spiro atoms. The van der Waals surface area contributed by atoms with Crippen molar-refractivity contribution in [2.24, 2.45) is 0 Å². The van der Waals surface area contributed by atoms with E-state index in [1.54, 1.807) is 6.07 Å². The third-order valence-corrected chi connectivity index (χ3v) is 3.05. The SMILES string of the molecule is CCC(O)COc1c(Cl)cccc1CNC(C)(C)C. The predicted molar refractivity (Wildman–Crippen MR) is 79.8 cm³/mol. The minimum Gasteiger partial charge on any atom is -0.489 e. The molecule has 0 amide bonds. The Morgan fingerprint density at radius 1 is 1.37 bits per heavy atom. The molecule has 2 N–H and O–H groups in total. The molecule has 0 saturated carbocycles. The fraction of sp³-hybridized carbons (Fsp3) is 0.600. The normalized spacial score (nSPS) is 13.4. The van der Waals surface area contributed by atoms with Crippen molar-refractivity contribution in [3.8, 4) is 5.75 Å². The quantitative estimate of drug-likeness (QED) is 0.842. The van der Waals surface area contributed by atoms with E-state index in [1.807, 2.05) is 19.1 Å². The van der Waals surface area contributed by atoms with Crippen LogP contribution in [0.25, 0.3) is 0 Å². The third-order valence-electron chi connectivity index (χ3n) is 2.75. The van der Waals surface area contributed by atoms with Crippen LogP contribution in [0.3, 0.4) is 0 Å². The molecule has 0 bridgehead atoms. The summed E-state index contributed by atoms with van der Waals surface area (Å²) in [7, 11) is 0. The van der Waals surface area contributed by atoms with Crippen LogP contribution >= 0.6 is 11.6 Å². The maximum atomic E-state index is 9.58. The zero-order valence-electron chi connectivity index (χ0n) is 12.2. The van der Waals surface area contributed by atoms with Gasteiger partial charge in [-0.3, -0.25) is 0 Å². The Labute approximate surface area is 120 Å². The first-order valence-corrected chi connectivity index (χ1v) is 7.04. The van der Waals surface area contributed by atoms with Gasteiger partial charge in [-0.05, 0) is 33.3 Å². The van der Waals surface area contributed by atoms with Gasteiger partial charge in [0, 0.05) is 17.6 Å². The van der Waals surface area contributed by atoms with Gasteiger partial charge >= 0.3 is 0 Å². The summed E-state index contributed by atoms with van der Waals surface area (Å²) >= 11 is 6.17. The predicted octanol–water partition coefficient (Wildman–Crippen LogP) is 3.38. The third kappa shape index (κ3) is 5.81. The molecule has 1 atom stereocenters. The van der Waals surface area contributed by atoms with Crippen molar-refractivity contribution in [2.75, 3.05) is 6.61 Å². The molecular weight excluding hydrogens is 262 g/mol. The van der Waals surface area contributed by atoms with Crippen molar-refractivity contribution in [3.05, 3.63) is 28.8 Å². The number of nitrogens with one attached hydrogen (secondary N) is 1. The monoisotopic (exact) mass is 285 g/mol. The van der Waals surface area contributed by atoms with Crippen LogP contribution in [0.4, 0.5) is 0 Å². The van der Waals surface area contributed by atoms with Crippen LogP contribution in [0.2, 0.25) is 5.02 Å². The number of aliphatic hydroxyl groups excluding tert-OH is 1. The molecular formula is C15H24ClNO2. The zero-order chi connectivity index (χ0) is 14.5. The van der Waals surface area contributed by atoms with Gasteiger partial charge in [0.15, 0.2) is 0 Å². The standard InChI is InChI=1S/C15H24ClNO2/c1-5-12(18)10-19-14-11(7-6-8-13(14)16)9-17-15(2,3)4/h6-8,12,17-18H,5,9-10H2,1-4H3. The van der Waals surface area contributed by atoms with Crippen LogP contribution in [-0.2, 0) is 6.54 Å². The lowest BCUT2D eigenvalue weighted by Gasteiger charge is -2.22. The Morgan fingerprint density at radius 2 is 2.05 bits per heavy atom. The number of halogens is 1. The maximum absolute atomic E-state index is 9.58. The van der Waals surface area contributed by atoms with Gasteiger partial charge in [-0.15, -0.1) is 0 Å². The fourth-order valence-corrected chi connectivity index (χ4v) is 1.76. The van der Waals surface area contributed by atoms with Gasteiger partial charge < -0.3 is 15.2 Å². The molecule has 0 fully saturated rings. The number of aliphatic hydroxyl groups is 1. The Kier molecular flexibility index (Phi) is 6.11. The fourth-order valence-electron chi connectivity index (χ4n) is 1.51. The van der Waals surface area contributed by atoms with Crippen molar-refractivity contribution >= 4 is 11.6 Å². The number of ether oxygens (including phenoxy) is 1. The zero-order valence-corrected chi connectivity index (χ0v) is 12.9. The summed E-state index contributed by atoms with van der Waals surface area (Å²) in [6.07, 6.45) is 0.208. The van der Waals surface area contributed by atoms with E-state index in [4.69, 9.17) is 16.3 Å². The molecule has 0 aromatic heterocycles. The summed E-state index contributed by atoms with van der Waals surface area (Å²) in [4.78, 5) is 0. The van der Waals surface area contributed by atoms with E-state index in [0.29, 0.717) is 23.7 Å². The number of rotatable bonds is 6. The molecule has 0 aliphatic carbocycles. The minimum atomic E-state index is -0.459. The molecule has 19 heavy (non-hydrogen) atoms. The minimum absolute atomic E-state index is 0.0303. The molecule has 3 nitrogen and oxygen atoms in total. The van der Waals surface area contributed by atoms with Gasteiger partial charge in [0.1, 0.15) is 12.4 Å². The lowest BCUT2D eigenvalue weighted by molar-refractivity contribution is 0.104. The topological polar surface area (TPSA) is 41.5 Å². The van der Waals surface area contributed by atoms with Crippen molar-refractivity contribution in [1.29, 1.82) is 0 Å². The van der Waals surface area contributed by atoms with E-state index in [9.17, 15) is 5.11 Å². The van der Waals surface area contributed by atoms with Crippen LogP contribution in [-0.4, -0.2) is 23.4 Å². The molecule has 1 unspecified atom stereocenters. The van der Waals surface area contributed by atoms with Crippen molar-refractivity contribution in [3.63, 3.8) is 0 Å². The van der Waals surface area contributed by atoms with E-state index in [-0.39, 0.29) is 12.1 Å². The summed E-state index contributed by atoms with van der Waals surface area (Å²) in [6, 6.07) is 5.69. The van der Waals surface area contributed by atoms with Crippen molar-refractivity contribution in [1.82, 2.24) is 5.32 Å².